The Bertz CT molecular complexity index is 862. The summed E-state index contributed by atoms with van der Waals surface area (Å²) in [7, 11) is 0. The quantitative estimate of drug-likeness (QED) is 0.488. The lowest BCUT2D eigenvalue weighted by Gasteiger charge is -2.02. The molecule has 0 fully saturated rings. The fourth-order valence-electron chi connectivity index (χ4n) is 2.54. The highest BCUT2D eigenvalue weighted by atomic mass is 16.3. The summed E-state index contributed by atoms with van der Waals surface area (Å²) >= 11 is 0. The van der Waals surface area contributed by atoms with Crippen molar-refractivity contribution in [3.05, 3.63) is 67.0 Å². The van der Waals surface area contributed by atoms with Crippen LogP contribution in [0.25, 0.3) is 33.1 Å². The van der Waals surface area contributed by atoms with Gasteiger partial charge in [-0.1, -0.05) is 36.4 Å². The monoisotopic (exact) mass is 245 g/mol. The summed E-state index contributed by atoms with van der Waals surface area (Å²) in [5.41, 5.74) is 4.12. The Morgan fingerprint density at radius 2 is 1.68 bits per heavy atom. The molecule has 0 bridgehead atoms. The van der Waals surface area contributed by atoms with Gasteiger partial charge in [0.25, 0.3) is 0 Å². The maximum absolute atomic E-state index is 5.89. The van der Waals surface area contributed by atoms with Crippen molar-refractivity contribution in [3.8, 4) is 11.1 Å². The van der Waals surface area contributed by atoms with Crippen molar-refractivity contribution < 1.29 is 4.42 Å². The molecule has 0 atom stereocenters. The van der Waals surface area contributed by atoms with Gasteiger partial charge in [-0.15, -0.1) is 0 Å². The predicted octanol–water partition coefficient (Wildman–Crippen LogP) is 4.65. The molecule has 0 unspecified atom stereocenters. The van der Waals surface area contributed by atoms with Crippen LogP contribution in [0.1, 0.15) is 0 Å². The van der Waals surface area contributed by atoms with Gasteiger partial charge >= 0.3 is 0 Å². The molecule has 2 aromatic heterocycles. The van der Waals surface area contributed by atoms with E-state index in [-0.39, 0.29) is 0 Å². The molecule has 2 heteroatoms. The minimum absolute atomic E-state index is 0.919. The maximum atomic E-state index is 5.89. The number of rotatable bonds is 1. The summed E-state index contributed by atoms with van der Waals surface area (Å²) in [6, 6.07) is 18.3. The first-order valence-electron chi connectivity index (χ1n) is 6.24. The largest absolute Gasteiger partial charge is 0.456 e. The Kier molecular flexibility index (Phi) is 2.15. The van der Waals surface area contributed by atoms with Crippen LogP contribution >= 0.6 is 0 Å². The standard InChI is InChI=1S/C17H11NO/c1-2-8-15-14(6-1)17-13(7-3-9-16(17)19-15)12-5-4-10-18-11-12/h1-11H. The average Bonchev–Trinajstić information content (AvgIpc) is 2.86. The van der Waals surface area contributed by atoms with Crippen LogP contribution < -0.4 is 0 Å². The van der Waals surface area contributed by atoms with Gasteiger partial charge in [-0.05, 0) is 23.8 Å². The van der Waals surface area contributed by atoms with Gasteiger partial charge in [0, 0.05) is 28.7 Å². The van der Waals surface area contributed by atoms with Crippen molar-refractivity contribution in [2.24, 2.45) is 0 Å². The van der Waals surface area contributed by atoms with Crippen LogP contribution in [0.4, 0.5) is 0 Å². The van der Waals surface area contributed by atoms with Crippen LogP contribution in [0.2, 0.25) is 0 Å². The second kappa shape index (κ2) is 3.95. The minimum atomic E-state index is 0.919. The third kappa shape index (κ3) is 1.54. The number of furan rings is 1. The van der Waals surface area contributed by atoms with Crippen molar-refractivity contribution in [2.45, 2.75) is 0 Å². The number of para-hydroxylation sites is 1. The molecule has 19 heavy (non-hydrogen) atoms. The van der Waals surface area contributed by atoms with Gasteiger partial charge in [-0.25, -0.2) is 0 Å². The number of aromatic nitrogens is 1. The number of fused-ring (bicyclic) bond motifs is 3. The van der Waals surface area contributed by atoms with Gasteiger partial charge in [-0.2, -0.15) is 0 Å². The van der Waals surface area contributed by atoms with Gasteiger partial charge in [0.05, 0.1) is 0 Å². The SMILES string of the molecule is c1cncc(-c2cccc3oc4ccccc4c23)c1. The maximum Gasteiger partial charge on any atom is 0.136 e. The average molecular weight is 245 g/mol. The first kappa shape index (κ1) is 10.3. The van der Waals surface area contributed by atoms with E-state index in [1.807, 2.05) is 42.6 Å². The molecule has 0 aliphatic carbocycles. The van der Waals surface area contributed by atoms with Crippen LogP contribution in [-0.2, 0) is 0 Å². The molecular weight excluding hydrogens is 234 g/mol. The zero-order valence-corrected chi connectivity index (χ0v) is 10.2. The zero-order valence-electron chi connectivity index (χ0n) is 10.2. The summed E-state index contributed by atoms with van der Waals surface area (Å²) in [6.07, 6.45) is 3.67. The molecule has 0 aliphatic heterocycles. The van der Waals surface area contributed by atoms with E-state index in [2.05, 4.69) is 23.2 Å². The number of hydrogen-bond donors (Lipinski definition) is 0. The van der Waals surface area contributed by atoms with Gasteiger partial charge in [0.2, 0.25) is 0 Å². The van der Waals surface area contributed by atoms with Gasteiger partial charge in [-0.3, -0.25) is 4.98 Å². The third-order valence-electron chi connectivity index (χ3n) is 3.38. The molecule has 90 valence electrons. The molecule has 2 heterocycles. The number of nitrogens with zero attached hydrogens (tertiary/aromatic N) is 1. The second-order valence-corrected chi connectivity index (χ2v) is 4.52. The van der Waals surface area contributed by atoms with E-state index >= 15 is 0 Å². The normalized spacial score (nSPS) is 11.2. The summed E-state index contributed by atoms with van der Waals surface area (Å²) in [5.74, 6) is 0. The molecule has 4 aromatic rings. The summed E-state index contributed by atoms with van der Waals surface area (Å²) in [6.45, 7) is 0. The summed E-state index contributed by atoms with van der Waals surface area (Å²) in [4.78, 5) is 4.20. The highest BCUT2D eigenvalue weighted by molar-refractivity contribution is 6.12. The lowest BCUT2D eigenvalue weighted by Crippen LogP contribution is -1.80. The molecule has 0 saturated heterocycles. The van der Waals surface area contributed by atoms with E-state index < -0.39 is 0 Å². The van der Waals surface area contributed by atoms with Gasteiger partial charge in [0.1, 0.15) is 11.2 Å². The summed E-state index contributed by atoms with van der Waals surface area (Å²) < 4.78 is 5.89. The fraction of sp³-hybridized carbons (Fsp3) is 0. The lowest BCUT2D eigenvalue weighted by molar-refractivity contribution is 0.669. The topological polar surface area (TPSA) is 26.0 Å². The molecule has 0 spiro atoms. The minimum Gasteiger partial charge on any atom is -0.456 e. The molecule has 2 aromatic carbocycles. The molecular formula is C17H11NO. The Labute approximate surface area is 110 Å². The molecule has 0 aliphatic rings. The van der Waals surface area contributed by atoms with Crippen LogP contribution in [0.15, 0.2) is 71.4 Å². The van der Waals surface area contributed by atoms with E-state index in [0.717, 1.165) is 33.1 Å². The van der Waals surface area contributed by atoms with Crippen LogP contribution in [0.3, 0.4) is 0 Å². The van der Waals surface area contributed by atoms with Crippen molar-refractivity contribution in [1.82, 2.24) is 4.98 Å². The Morgan fingerprint density at radius 3 is 2.58 bits per heavy atom. The second-order valence-electron chi connectivity index (χ2n) is 4.52. The van der Waals surface area contributed by atoms with E-state index in [1.165, 1.54) is 0 Å². The zero-order chi connectivity index (χ0) is 12.7. The van der Waals surface area contributed by atoms with E-state index in [4.69, 9.17) is 4.42 Å². The van der Waals surface area contributed by atoms with Crippen molar-refractivity contribution in [1.29, 1.82) is 0 Å². The number of hydrogen-bond acceptors (Lipinski definition) is 2. The lowest BCUT2D eigenvalue weighted by atomic mass is 10.0. The molecule has 0 amide bonds. The molecule has 4 rings (SSSR count). The molecule has 0 saturated carbocycles. The molecule has 0 radical (unpaired) electrons. The smallest absolute Gasteiger partial charge is 0.136 e. The predicted molar refractivity (Wildman–Crippen MR) is 77.0 cm³/mol. The molecule has 0 N–H and O–H groups in total. The highest BCUT2D eigenvalue weighted by Crippen LogP contribution is 2.35. The first-order valence-corrected chi connectivity index (χ1v) is 6.24. The number of benzene rings is 2. The summed E-state index contributed by atoms with van der Waals surface area (Å²) in [5, 5.41) is 2.31. The van der Waals surface area contributed by atoms with Gasteiger partial charge in [0.15, 0.2) is 0 Å². The van der Waals surface area contributed by atoms with Crippen LogP contribution in [-0.4, -0.2) is 4.98 Å². The Balaban J connectivity index is 2.17. The Morgan fingerprint density at radius 1 is 0.789 bits per heavy atom. The number of pyridine rings is 1. The van der Waals surface area contributed by atoms with Crippen molar-refractivity contribution in [2.75, 3.05) is 0 Å². The van der Waals surface area contributed by atoms with Crippen LogP contribution in [0, 0.1) is 0 Å². The molecule has 2 nitrogen and oxygen atoms in total. The van der Waals surface area contributed by atoms with Crippen molar-refractivity contribution in [3.63, 3.8) is 0 Å². The highest BCUT2D eigenvalue weighted by Gasteiger charge is 2.11. The Hall–Kier alpha value is -2.61. The third-order valence-corrected chi connectivity index (χ3v) is 3.38. The first-order chi connectivity index (χ1) is 9.43. The van der Waals surface area contributed by atoms with E-state index in [0.29, 0.717) is 0 Å². The van der Waals surface area contributed by atoms with Crippen molar-refractivity contribution >= 4 is 21.9 Å². The van der Waals surface area contributed by atoms with E-state index in [9.17, 15) is 0 Å². The fourth-order valence-corrected chi connectivity index (χ4v) is 2.54. The van der Waals surface area contributed by atoms with Crippen LogP contribution in [0.5, 0.6) is 0 Å². The van der Waals surface area contributed by atoms with E-state index in [1.54, 1.807) is 6.20 Å². The van der Waals surface area contributed by atoms with Gasteiger partial charge < -0.3 is 4.42 Å².